The SMILES string of the molecule is CN1C(=O)NC(c2ccc(O)cc2)C2=C1CN(c1cccc([N+](=O)[O-])c1)C2=O. The first kappa shape index (κ1) is 17.5. The van der Waals surface area contributed by atoms with E-state index in [2.05, 4.69) is 5.32 Å². The number of phenolic OH excluding ortho intramolecular Hbond substituents is 1. The van der Waals surface area contributed by atoms with Crippen molar-refractivity contribution in [1.29, 1.82) is 0 Å². The summed E-state index contributed by atoms with van der Waals surface area (Å²) >= 11 is 0. The molecule has 2 aromatic carbocycles. The van der Waals surface area contributed by atoms with Crippen LogP contribution in [0.15, 0.2) is 59.8 Å². The molecule has 0 saturated carbocycles. The number of non-ortho nitro benzene ring substituents is 1. The molecule has 4 rings (SSSR count). The summed E-state index contributed by atoms with van der Waals surface area (Å²) < 4.78 is 0. The van der Waals surface area contributed by atoms with Gasteiger partial charge in [-0.1, -0.05) is 18.2 Å². The third-order valence-electron chi connectivity index (χ3n) is 4.94. The second-order valence-corrected chi connectivity index (χ2v) is 6.56. The minimum atomic E-state index is -0.671. The number of amides is 3. The minimum Gasteiger partial charge on any atom is -0.508 e. The lowest BCUT2D eigenvalue weighted by Gasteiger charge is -2.31. The number of carbonyl (C=O) groups is 2. The van der Waals surface area contributed by atoms with Gasteiger partial charge in [0.15, 0.2) is 0 Å². The van der Waals surface area contributed by atoms with E-state index >= 15 is 0 Å². The highest BCUT2D eigenvalue weighted by molar-refractivity contribution is 6.11. The van der Waals surface area contributed by atoms with E-state index in [0.717, 1.165) is 0 Å². The molecule has 28 heavy (non-hydrogen) atoms. The molecule has 0 spiro atoms. The first-order valence-electron chi connectivity index (χ1n) is 8.49. The number of nitrogens with zero attached hydrogens (tertiary/aromatic N) is 3. The van der Waals surface area contributed by atoms with Crippen LogP contribution >= 0.6 is 0 Å². The number of phenols is 1. The van der Waals surface area contributed by atoms with Crippen LogP contribution in [0.5, 0.6) is 5.75 Å². The van der Waals surface area contributed by atoms with E-state index < -0.39 is 11.0 Å². The molecule has 1 unspecified atom stereocenters. The summed E-state index contributed by atoms with van der Waals surface area (Å²) in [7, 11) is 1.57. The number of nitro benzene ring substituents is 1. The van der Waals surface area contributed by atoms with Gasteiger partial charge in [-0.05, 0) is 23.8 Å². The van der Waals surface area contributed by atoms with Crippen LogP contribution in [-0.2, 0) is 4.79 Å². The van der Waals surface area contributed by atoms with Gasteiger partial charge in [0, 0.05) is 19.2 Å². The third kappa shape index (κ3) is 2.73. The fourth-order valence-electron chi connectivity index (χ4n) is 3.47. The number of benzene rings is 2. The molecular weight excluding hydrogens is 364 g/mol. The third-order valence-corrected chi connectivity index (χ3v) is 4.94. The predicted molar refractivity (Wildman–Crippen MR) is 99.6 cm³/mol. The molecular formula is C19H16N4O5. The molecule has 2 aliphatic heterocycles. The van der Waals surface area contributed by atoms with Crippen molar-refractivity contribution < 1.29 is 19.6 Å². The minimum absolute atomic E-state index is 0.0770. The Morgan fingerprint density at radius 3 is 2.57 bits per heavy atom. The fraction of sp³-hybridized carbons (Fsp3) is 0.158. The average Bonchev–Trinajstić information content (AvgIpc) is 3.03. The maximum absolute atomic E-state index is 13.2. The molecule has 2 heterocycles. The number of likely N-dealkylation sites (N-methyl/N-ethyl adjacent to an activating group) is 1. The maximum atomic E-state index is 13.2. The van der Waals surface area contributed by atoms with E-state index in [0.29, 0.717) is 22.5 Å². The quantitative estimate of drug-likeness (QED) is 0.626. The molecule has 0 aromatic heterocycles. The molecule has 9 nitrogen and oxygen atoms in total. The predicted octanol–water partition coefficient (Wildman–Crippen LogP) is 2.30. The van der Waals surface area contributed by atoms with Crippen LogP contribution in [0.3, 0.4) is 0 Å². The summed E-state index contributed by atoms with van der Waals surface area (Å²) in [6.07, 6.45) is 0. The van der Waals surface area contributed by atoms with Crippen molar-refractivity contribution in [2.75, 3.05) is 18.5 Å². The van der Waals surface area contributed by atoms with Crippen LogP contribution in [0.1, 0.15) is 11.6 Å². The van der Waals surface area contributed by atoms with E-state index in [1.165, 1.54) is 40.1 Å². The number of carbonyl (C=O) groups excluding carboxylic acids is 2. The summed E-state index contributed by atoms with van der Waals surface area (Å²) in [5.74, 6) is -0.256. The molecule has 0 saturated heterocycles. The molecule has 142 valence electrons. The Labute approximate surface area is 159 Å². The van der Waals surface area contributed by atoms with Gasteiger partial charge >= 0.3 is 6.03 Å². The number of nitro groups is 1. The zero-order valence-corrected chi connectivity index (χ0v) is 14.8. The zero-order valence-electron chi connectivity index (χ0n) is 14.8. The molecule has 0 fully saturated rings. The van der Waals surface area contributed by atoms with E-state index in [1.54, 1.807) is 25.2 Å². The number of hydrogen-bond acceptors (Lipinski definition) is 5. The lowest BCUT2D eigenvalue weighted by atomic mass is 9.95. The van der Waals surface area contributed by atoms with Gasteiger partial charge in [-0.25, -0.2) is 4.79 Å². The Kier molecular flexibility index (Phi) is 3.99. The highest BCUT2D eigenvalue weighted by Crippen LogP contribution is 2.38. The molecule has 0 aliphatic carbocycles. The van der Waals surface area contributed by atoms with Crippen LogP contribution in [0, 0.1) is 10.1 Å². The molecule has 2 aliphatic rings. The van der Waals surface area contributed by atoms with Gasteiger partial charge in [0.1, 0.15) is 5.75 Å². The summed E-state index contributed by atoms with van der Waals surface area (Å²) in [5, 5.41) is 23.4. The van der Waals surface area contributed by atoms with Gasteiger partial charge in [-0.2, -0.15) is 0 Å². The molecule has 1 atom stereocenters. The maximum Gasteiger partial charge on any atom is 0.322 e. The smallest absolute Gasteiger partial charge is 0.322 e. The van der Waals surface area contributed by atoms with E-state index in [1.807, 2.05) is 0 Å². The highest BCUT2D eigenvalue weighted by atomic mass is 16.6. The van der Waals surface area contributed by atoms with Gasteiger partial charge in [0.05, 0.1) is 34.5 Å². The molecule has 2 N–H and O–H groups in total. The van der Waals surface area contributed by atoms with E-state index in [9.17, 15) is 24.8 Å². The van der Waals surface area contributed by atoms with Crippen LogP contribution in [0.4, 0.5) is 16.2 Å². The topological polar surface area (TPSA) is 116 Å². The van der Waals surface area contributed by atoms with Crippen molar-refractivity contribution >= 4 is 23.3 Å². The van der Waals surface area contributed by atoms with Gasteiger partial charge < -0.3 is 15.3 Å². The number of urea groups is 1. The largest absolute Gasteiger partial charge is 0.508 e. The lowest BCUT2D eigenvalue weighted by molar-refractivity contribution is -0.384. The lowest BCUT2D eigenvalue weighted by Crippen LogP contribution is -2.45. The van der Waals surface area contributed by atoms with Crippen LogP contribution in [0.25, 0.3) is 0 Å². The summed E-state index contributed by atoms with van der Waals surface area (Å²) in [5.41, 5.74) is 1.87. The molecule has 3 amide bonds. The van der Waals surface area contributed by atoms with Gasteiger partial charge in [0.25, 0.3) is 11.6 Å². The first-order chi connectivity index (χ1) is 13.4. The van der Waals surface area contributed by atoms with Gasteiger partial charge in [-0.3, -0.25) is 19.8 Å². The molecule has 0 radical (unpaired) electrons. The van der Waals surface area contributed by atoms with E-state index in [-0.39, 0.29) is 29.9 Å². The van der Waals surface area contributed by atoms with E-state index in [4.69, 9.17) is 0 Å². The number of aromatic hydroxyl groups is 1. The Bertz CT molecular complexity index is 1030. The average molecular weight is 380 g/mol. The Morgan fingerprint density at radius 1 is 1.18 bits per heavy atom. The molecule has 9 heteroatoms. The van der Waals surface area contributed by atoms with Crippen LogP contribution in [-0.4, -0.2) is 40.5 Å². The van der Waals surface area contributed by atoms with Crippen molar-refractivity contribution in [3.63, 3.8) is 0 Å². The first-order valence-corrected chi connectivity index (χ1v) is 8.49. The summed E-state index contributed by atoms with van der Waals surface area (Å²) in [6, 6.07) is 11.0. The summed E-state index contributed by atoms with van der Waals surface area (Å²) in [4.78, 5) is 38.9. The van der Waals surface area contributed by atoms with Crippen molar-refractivity contribution in [3.05, 3.63) is 75.5 Å². The van der Waals surface area contributed by atoms with Crippen molar-refractivity contribution in [2.45, 2.75) is 6.04 Å². The second kappa shape index (κ2) is 6.38. The van der Waals surface area contributed by atoms with Crippen molar-refractivity contribution in [3.8, 4) is 5.75 Å². The second-order valence-electron chi connectivity index (χ2n) is 6.56. The number of rotatable bonds is 3. The standard InChI is InChI=1S/C19H16N4O5/c1-21-15-10-22(12-3-2-4-13(9-12)23(27)28)18(25)16(15)17(20-19(21)26)11-5-7-14(24)8-6-11/h2-9,17,24H,10H2,1H3,(H,20,26). The van der Waals surface area contributed by atoms with Gasteiger partial charge in [0.2, 0.25) is 0 Å². The summed E-state index contributed by atoms with van der Waals surface area (Å²) in [6.45, 7) is 0.133. The molecule has 0 bridgehead atoms. The number of hydrogen-bond donors (Lipinski definition) is 2. The normalized spacial score (nSPS) is 19.0. The monoisotopic (exact) mass is 380 g/mol. The fourth-order valence-corrected chi connectivity index (χ4v) is 3.47. The van der Waals surface area contributed by atoms with Crippen LogP contribution < -0.4 is 10.2 Å². The number of anilines is 1. The number of nitrogens with one attached hydrogen (secondary N) is 1. The Balaban J connectivity index is 1.75. The van der Waals surface area contributed by atoms with Gasteiger partial charge in [-0.15, -0.1) is 0 Å². The Hall–Kier alpha value is -3.88. The zero-order chi connectivity index (χ0) is 20.0. The van der Waals surface area contributed by atoms with Crippen molar-refractivity contribution in [2.24, 2.45) is 0 Å². The van der Waals surface area contributed by atoms with Crippen molar-refractivity contribution in [1.82, 2.24) is 10.2 Å². The molecule has 2 aromatic rings. The van der Waals surface area contributed by atoms with Crippen LogP contribution in [0.2, 0.25) is 0 Å². The Morgan fingerprint density at radius 2 is 1.89 bits per heavy atom. The highest BCUT2D eigenvalue weighted by Gasteiger charge is 2.43.